The van der Waals surface area contributed by atoms with Crippen molar-refractivity contribution >= 4 is 28.4 Å². The predicted octanol–water partition coefficient (Wildman–Crippen LogP) is 4.64. The Morgan fingerprint density at radius 2 is 1.77 bits per heavy atom. The van der Waals surface area contributed by atoms with E-state index in [1.165, 1.54) is 0 Å². The van der Waals surface area contributed by atoms with Crippen molar-refractivity contribution in [3.8, 4) is 5.75 Å². The van der Waals surface area contributed by atoms with Crippen molar-refractivity contribution in [2.75, 3.05) is 18.0 Å². The van der Waals surface area contributed by atoms with Gasteiger partial charge in [-0.25, -0.2) is 5.48 Å². The summed E-state index contributed by atoms with van der Waals surface area (Å²) in [6.07, 6.45) is 0.850. The lowest BCUT2D eigenvalue weighted by Crippen LogP contribution is -2.53. The number of rotatable bonds is 8. The molecule has 39 heavy (non-hydrogen) atoms. The lowest BCUT2D eigenvalue weighted by atomic mass is 9.87. The summed E-state index contributed by atoms with van der Waals surface area (Å²) in [5.41, 5.74) is 6.22. The van der Waals surface area contributed by atoms with Crippen LogP contribution in [0.5, 0.6) is 5.75 Å². The Morgan fingerprint density at radius 1 is 1.03 bits per heavy atom. The van der Waals surface area contributed by atoms with Crippen molar-refractivity contribution in [3.05, 3.63) is 102 Å². The number of amides is 2. The van der Waals surface area contributed by atoms with E-state index in [1.807, 2.05) is 67.6 Å². The van der Waals surface area contributed by atoms with E-state index < -0.39 is 5.91 Å². The number of fused-ring (bicyclic) bond motifs is 1. The van der Waals surface area contributed by atoms with Gasteiger partial charge in [0.05, 0.1) is 11.6 Å². The molecule has 5 rings (SSSR count). The fraction of sp³-hybridized carbons (Fsp3) is 0.258. The highest BCUT2D eigenvalue weighted by atomic mass is 16.5. The van der Waals surface area contributed by atoms with E-state index in [4.69, 9.17) is 9.94 Å². The van der Waals surface area contributed by atoms with Gasteiger partial charge in [0.15, 0.2) is 0 Å². The molecule has 0 aliphatic carbocycles. The summed E-state index contributed by atoms with van der Waals surface area (Å²) in [7, 11) is 0. The first kappa shape index (κ1) is 26.2. The maximum Gasteiger partial charge on any atom is 0.251 e. The minimum atomic E-state index is -0.453. The number of carbonyl (C=O) groups excluding carboxylic acids is 2. The number of piperidine rings is 1. The number of nitrogens with zero attached hydrogens (tertiary/aromatic N) is 2. The highest BCUT2D eigenvalue weighted by molar-refractivity contribution is 5.94. The topological polar surface area (TPSA) is 104 Å². The van der Waals surface area contributed by atoms with Crippen LogP contribution in [0.15, 0.2) is 84.9 Å². The summed E-state index contributed by atoms with van der Waals surface area (Å²) in [6.45, 7) is 3.69. The SMILES string of the molecule is Cc1cc(COc2ccc(C(=O)N[C@@H]3CN(c4ccccc4)CC[C@H]3CC(=O)NO)cc2)c2ccccc2n1. The third-order valence-electron chi connectivity index (χ3n) is 7.21. The maximum atomic E-state index is 13.2. The van der Waals surface area contributed by atoms with Gasteiger partial charge < -0.3 is 15.0 Å². The maximum absolute atomic E-state index is 13.2. The van der Waals surface area contributed by atoms with E-state index >= 15 is 0 Å². The average Bonchev–Trinajstić information content (AvgIpc) is 2.97. The van der Waals surface area contributed by atoms with Crippen LogP contribution in [0.4, 0.5) is 5.69 Å². The highest BCUT2D eigenvalue weighted by Crippen LogP contribution is 2.26. The molecular weight excluding hydrogens is 492 g/mol. The molecule has 2 atom stereocenters. The zero-order valence-corrected chi connectivity index (χ0v) is 21.8. The van der Waals surface area contributed by atoms with Crippen LogP contribution in [-0.4, -0.2) is 41.1 Å². The molecule has 2 heterocycles. The van der Waals surface area contributed by atoms with Crippen LogP contribution in [0, 0.1) is 12.8 Å². The zero-order chi connectivity index (χ0) is 27.2. The number of anilines is 1. The number of carbonyl (C=O) groups is 2. The molecule has 1 aliphatic heterocycles. The second-order valence-electron chi connectivity index (χ2n) is 9.90. The van der Waals surface area contributed by atoms with E-state index in [0.717, 1.165) is 34.4 Å². The Labute approximate surface area is 227 Å². The van der Waals surface area contributed by atoms with Gasteiger partial charge in [0.1, 0.15) is 12.4 Å². The Hall–Kier alpha value is -4.43. The molecule has 4 aromatic rings. The average molecular weight is 525 g/mol. The minimum Gasteiger partial charge on any atom is -0.489 e. The molecule has 1 aromatic heterocycles. The standard InChI is InChI=1S/C31H32N4O4/c1-21-17-24(27-9-5-6-10-28(27)32-21)20-39-26-13-11-22(12-14-26)31(37)33-29-19-35(25-7-3-2-4-8-25)16-15-23(29)18-30(36)34-38/h2-14,17,23,29,38H,15-16,18-20H2,1H3,(H,33,37)(H,34,36)/t23-,29+/m0/s1. The number of ether oxygens (including phenoxy) is 1. The van der Waals surface area contributed by atoms with Gasteiger partial charge in [-0.15, -0.1) is 0 Å². The van der Waals surface area contributed by atoms with Gasteiger partial charge in [-0.1, -0.05) is 36.4 Å². The number of pyridine rings is 1. The largest absolute Gasteiger partial charge is 0.489 e. The third-order valence-corrected chi connectivity index (χ3v) is 7.21. The molecule has 0 bridgehead atoms. The first-order valence-corrected chi connectivity index (χ1v) is 13.1. The number of para-hydroxylation sites is 2. The third kappa shape index (κ3) is 6.35. The summed E-state index contributed by atoms with van der Waals surface area (Å²) in [5, 5.41) is 13.2. The Bertz CT molecular complexity index is 1440. The monoisotopic (exact) mass is 524 g/mol. The lowest BCUT2D eigenvalue weighted by molar-refractivity contribution is -0.130. The molecule has 3 aromatic carbocycles. The molecule has 0 radical (unpaired) electrons. The van der Waals surface area contributed by atoms with E-state index in [-0.39, 0.29) is 24.3 Å². The molecule has 1 fully saturated rings. The number of hydrogen-bond donors (Lipinski definition) is 3. The van der Waals surface area contributed by atoms with Crippen LogP contribution < -0.4 is 20.4 Å². The molecular formula is C31H32N4O4. The van der Waals surface area contributed by atoms with Crippen molar-refractivity contribution in [1.29, 1.82) is 0 Å². The number of nitrogens with one attached hydrogen (secondary N) is 2. The molecule has 0 unspecified atom stereocenters. The molecule has 8 heteroatoms. The van der Waals surface area contributed by atoms with Crippen LogP contribution >= 0.6 is 0 Å². The van der Waals surface area contributed by atoms with Crippen LogP contribution in [-0.2, 0) is 11.4 Å². The van der Waals surface area contributed by atoms with Gasteiger partial charge in [-0.05, 0) is 67.8 Å². The second-order valence-corrected chi connectivity index (χ2v) is 9.90. The molecule has 2 amide bonds. The van der Waals surface area contributed by atoms with Crippen molar-refractivity contribution in [1.82, 2.24) is 15.8 Å². The second kappa shape index (κ2) is 12.0. The molecule has 1 aliphatic rings. The van der Waals surface area contributed by atoms with E-state index in [9.17, 15) is 9.59 Å². The Morgan fingerprint density at radius 3 is 2.54 bits per heavy atom. The van der Waals surface area contributed by atoms with Crippen molar-refractivity contribution in [2.45, 2.75) is 32.4 Å². The molecule has 3 N–H and O–H groups in total. The van der Waals surface area contributed by atoms with Crippen molar-refractivity contribution < 1.29 is 19.5 Å². The number of hydrogen-bond acceptors (Lipinski definition) is 6. The molecule has 0 saturated carbocycles. The molecule has 0 spiro atoms. The number of benzene rings is 3. The minimum absolute atomic E-state index is 0.0951. The number of aromatic nitrogens is 1. The quantitative estimate of drug-likeness (QED) is 0.229. The summed E-state index contributed by atoms with van der Waals surface area (Å²) in [5.74, 6) is -0.101. The zero-order valence-electron chi connectivity index (χ0n) is 21.8. The van der Waals surface area contributed by atoms with Crippen LogP contribution in [0.25, 0.3) is 10.9 Å². The highest BCUT2D eigenvalue weighted by Gasteiger charge is 2.32. The summed E-state index contributed by atoms with van der Waals surface area (Å²) in [4.78, 5) is 31.9. The van der Waals surface area contributed by atoms with Crippen molar-refractivity contribution in [2.24, 2.45) is 5.92 Å². The van der Waals surface area contributed by atoms with Crippen molar-refractivity contribution in [3.63, 3.8) is 0 Å². The lowest BCUT2D eigenvalue weighted by Gasteiger charge is -2.40. The summed E-state index contributed by atoms with van der Waals surface area (Å²) < 4.78 is 6.04. The van der Waals surface area contributed by atoms with Gasteiger partial charge in [0.2, 0.25) is 5.91 Å². The van der Waals surface area contributed by atoms with E-state index in [1.54, 1.807) is 29.7 Å². The van der Waals surface area contributed by atoms with Gasteiger partial charge in [-0.3, -0.25) is 19.8 Å². The van der Waals surface area contributed by atoms with Gasteiger partial charge >= 0.3 is 0 Å². The fourth-order valence-electron chi connectivity index (χ4n) is 5.20. The first-order valence-electron chi connectivity index (χ1n) is 13.1. The molecule has 1 saturated heterocycles. The fourth-order valence-corrected chi connectivity index (χ4v) is 5.20. The predicted molar refractivity (Wildman–Crippen MR) is 150 cm³/mol. The van der Waals surface area contributed by atoms with Gasteiger partial charge in [0, 0.05) is 47.4 Å². The number of hydroxylamine groups is 1. The van der Waals surface area contributed by atoms with Gasteiger partial charge in [-0.2, -0.15) is 0 Å². The van der Waals surface area contributed by atoms with E-state index in [0.29, 0.717) is 30.9 Å². The number of aryl methyl sites for hydroxylation is 1. The molecule has 8 nitrogen and oxygen atoms in total. The summed E-state index contributed by atoms with van der Waals surface area (Å²) >= 11 is 0. The van der Waals surface area contributed by atoms with Crippen LogP contribution in [0.1, 0.15) is 34.5 Å². The van der Waals surface area contributed by atoms with Crippen LogP contribution in [0.3, 0.4) is 0 Å². The van der Waals surface area contributed by atoms with Crippen LogP contribution in [0.2, 0.25) is 0 Å². The normalized spacial score (nSPS) is 17.0. The van der Waals surface area contributed by atoms with Gasteiger partial charge in [0.25, 0.3) is 5.91 Å². The Kier molecular flexibility index (Phi) is 8.03. The van der Waals surface area contributed by atoms with E-state index in [2.05, 4.69) is 15.2 Å². The first-order chi connectivity index (χ1) is 19.0. The smallest absolute Gasteiger partial charge is 0.251 e. The summed E-state index contributed by atoms with van der Waals surface area (Å²) in [6, 6.07) is 26.8. The molecule has 200 valence electrons. The Balaban J connectivity index is 1.25.